The molecule has 0 aromatic carbocycles. The van der Waals surface area contributed by atoms with Gasteiger partial charge in [0, 0.05) is 11.8 Å². The lowest BCUT2D eigenvalue weighted by atomic mass is 10.1. The molecule has 4 nitrogen and oxygen atoms in total. The Labute approximate surface area is 75.2 Å². The summed E-state index contributed by atoms with van der Waals surface area (Å²) in [5.41, 5.74) is 0.807. The molecule has 0 fully saturated rings. The SMILES string of the molecule is C=Cc1c(C(=O)O)ccnc1CO. The Kier molecular flexibility index (Phi) is 2.76. The highest BCUT2D eigenvalue weighted by Gasteiger charge is 2.11. The zero-order valence-corrected chi connectivity index (χ0v) is 6.90. The summed E-state index contributed by atoms with van der Waals surface area (Å²) in [6.45, 7) is 3.18. The molecule has 0 aliphatic heterocycles. The van der Waals surface area contributed by atoms with Gasteiger partial charge in [-0.3, -0.25) is 4.98 Å². The maximum absolute atomic E-state index is 10.7. The van der Waals surface area contributed by atoms with E-state index in [1.807, 2.05) is 0 Å². The van der Waals surface area contributed by atoms with Crippen LogP contribution in [0.3, 0.4) is 0 Å². The number of aliphatic hydroxyl groups excluding tert-OH is 1. The minimum Gasteiger partial charge on any atom is -0.478 e. The third-order valence-electron chi connectivity index (χ3n) is 1.66. The van der Waals surface area contributed by atoms with E-state index in [1.165, 1.54) is 18.3 Å². The number of carbonyl (C=O) groups is 1. The van der Waals surface area contributed by atoms with Gasteiger partial charge in [0.2, 0.25) is 0 Å². The predicted octanol–water partition coefficient (Wildman–Crippen LogP) is 0.915. The molecule has 13 heavy (non-hydrogen) atoms. The van der Waals surface area contributed by atoms with Gasteiger partial charge in [-0.15, -0.1) is 0 Å². The summed E-state index contributed by atoms with van der Waals surface area (Å²) >= 11 is 0. The highest BCUT2D eigenvalue weighted by atomic mass is 16.4. The van der Waals surface area contributed by atoms with Crippen molar-refractivity contribution in [1.82, 2.24) is 4.98 Å². The van der Waals surface area contributed by atoms with Crippen LogP contribution in [0.5, 0.6) is 0 Å². The fourth-order valence-electron chi connectivity index (χ4n) is 1.06. The summed E-state index contributed by atoms with van der Waals surface area (Å²) in [6.07, 6.45) is 2.73. The summed E-state index contributed by atoms with van der Waals surface area (Å²) in [5, 5.41) is 17.6. The van der Waals surface area contributed by atoms with Crippen molar-refractivity contribution in [3.63, 3.8) is 0 Å². The first-order valence-corrected chi connectivity index (χ1v) is 3.65. The standard InChI is InChI=1S/C9H9NO3/c1-2-6-7(9(12)13)3-4-10-8(6)5-11/h2-4,11H,1,5H2,(H,12,13). The summed E-state index contributed by atoms with van der Waals surface area (Å²) in [7, 11) is 0. The smallest absolute Gasteiger partial charge is 0.336 e. The molecule has 0 atom stereocenters. The van der Waals surface area contributed by atoms with E-state index < -0.39 is 5.97 Å². The van der Waals surface area contributed by atoms with Crippen LogP contribution >= 0.6 is 0 Å². The van der Waals surface area contributed by atoms with Gasteiger partial charge >= 0.3 is 5.97 Å². The molecule has 0 aliphatic rings. The zero-order chi connectivity index (χ0) is 9.84. The molecule has 1 aromatic heterocycles. The number of aliphatic hydroxyl groups is 1. The molecule has 0 aliphatic carbocycles. The molecule has 0 radical (unpaired) electrons. The van der Waals surface area contributed by atoms with E-state index in [0.717, 1.165) is 0 Å². The Hall–Kier alpha value is -1.68. The van der Waals surface area contributed by atoms with Gasteiger partial charge in [0.15, 0.2) is 0 Å². The second kappa shape index (κ2) is 3.82. The minimum absolute atomic E-state index is 0.106. The van der Waals surface area contributed by atoms with Gasteiger partial charge < -0.3 is 10.2 Å². The quantitative estimate of drug-likeness (QED) is 0.723. The Bertz CT molecular complexity index is 347. The van der Waals surface area contributed by atoms with Crippen LogP contribution < -0.4 is 0 Å². The van der Waals surface area contributed by atoms with Crippen molar-refractivity contribution in [1.29, 1.82) is 0 Å². The van der Waals surface area contributed by atoms with Crippen LogP contribution in [0, 0.1) is 0 Å². The first-order valence-electron chi connectivity index (χ1n) is 3.65. The molecule has 4 heteroatoms. The molecule has 0 saturated carbocycles. The van der Waals surface area contributed by atoms with E-state index >= 15 is 0 Å². The van der Waals surface area contributed by atoms with E-state index in [9.17, 15) is 4.79 Å². The summed E-state index contributed by atoms with van der Waals surface area (Å²) in [6, 6.07) is 1.37. The van der Waals surface area contributed by atoms with Crippen LogP contribution in [0.1, 0.15) is 21.6 Å². The van der Waals surface area contributed by atoms with E-state index in [4.69, 9.17) is 10.2 Å². The maximum Gasteiger partial charge on any atom is 0.336 e. The largest absolute Gasteiger partial charge is 0.478 e. The first kappa shape index (κ1) is 9.41. The lowest BCUT2D eigenvalue weighted by molar-refractivity contribution is 0.0696. The topological polar surface area (TPSA) is 70.4 Å². The van der Waals surface area contributed by atoms with E-state index in [-0.39, 0.29) is 12.2 Å². The zero-order valence-electron chi connectivity index (χ0n) is 6.90. The van der Waals surface area contributed by atoms with Crippen molar-refractivity contribution in [2.24, 2.45) is 0 Å². The molecule has 1 heterocycles. The van der Waals surface area contributed by atoms with Gasteiger partial charge in [-0.2, -0.15) is 0 Å². The van der Waals surface area contributed by atoms with Crippen LogP contribution in [0.4, 0.5) is 0 Å². The molecular weight excluding hydrogens is 170 g/mol. The van der Waals surface area contributed by atoms with Crippen LogP contribution in [0.2, 0.25) is 0 Å². The number of carboxylic acids is 1. The first-order chi connectivity index (χ1) is 6.20. The summed E-state index contributed by atoms with van der Waals surface area (Å²) < 4.78 is 0. The van der Waals surface area contributed by atoms with E-state index in [0.29, 0.717) is 11.3 Å². The fraction of sp³-hybridized carbons (Fsp3) is 0.111. The van der Waals surface area contributed by atoms with Crippen LogP contribution in [0.15, 0.2) is 18.8 Å². The predicted molar refractivity (Wildman–Crippen MR) is 47.2 cm³/mol. The summed E-state index contributed by atoms with van der Waals surface area (Å²) in [5.74, 6) is -1.05. The van der Waals surface area contributed by atoms with Crippen molar-refractivity contribution >= 4 is 12.0 Å². The Morgan fingerprint density at radius 1 is 1.69 bits per heavy atom. The van der Waals surface area contributed by atoms with E-state index in [1.54, 1.807) is 0 Å². The van der Waals surface area contributed by atoms with Gasteiger partial charge in [0.25, 0.3) is 0 Å². The highest BCUT2D eigenvalue weighted by molar-refractivity contribution is 5.92. The van der Waals surface area contributed by atoms with Crippen molar-refractivity contribution in [2.75, 3.05) is 0 Å². The normalized spacial score (nSPS) is 9.62. The number of hydrogen-bond donors (Lipinski definition) is 2. The Morgan fingerprint density at radius 2 is 2.38 bits per heavy atom. The van der Waals surface area contributed by atoms with Crippen LogP contribution in [0.25, 0.3) is 6.08 Å². The third kappa shape index (κ3) is 1.73. The Morgan fingerprint density at radius 3 is 2.85 bits per heavy atom. The molecule has 1 rings (SSSR count). The van der Waals surface area contributed by atoms with Gasteiger partial charge in [0.1, 0.15) is 0 Å². The number of hydrogen-bond acceptors (Lipinski definition) is 3. The molecule has 0 amide bonds. The van der Waals surface area contributed by atoms with Crippen LogP contribution in [-0.2, 0) is 6.61 Å². The fourth-order valence-corrected chi connectivity index (χ4v) is 1.06. The Balaban J connectivity index is 3.35. The molecular formula is C9H9NO3. The second-order valence-electron chi connectivity index (χ2n) is 2.39. The van der Waals surface area contributed by atoms with E-state index in [2.05, 4.69) is 11.6 Å². The van der Waals surface area contributed by atoms with Gasteiger partial charge in [0.05, 0.1) is 17.9 Å². The van der Waals surface area contributed by atoms with Crippen molar-refractivity contribution in [3.05, 3.63) is 35.7 Å². The number of rotatable bonds is 3. The lowest BCUT2D eigenvalue weighted by Gasteiger charge is -2.04. The average Bonchev–Trinajstić information content (AvgIpc) is 2.16. The number of carboxylic acid groups (broad SMARTS) is 1. The van der Waals surface area contributed by atoms with Crippen LogP contribution in [-0.4, -0.2) is 21.2 Å². The monoisotopic (exact) mass is 179 g/mol. The molecule has 0 bridgehead atoms. The summed E-state index contributed by atoms with van der Waals surface area (Å²) in [4.78, 5) is 14.5. The van der Waals surface area contributed by atoms with Crippen molar-refractivity contribution in [3.8, 4) is 0 Å². The number of pyridine rings is 1. The van der Waals surface area contributed by atoms with Crippen molar-refractivity contribution in [2.45, 2.75) is 6.61 Å². The molecule has 68 valence electrons. The second-order valence-corrected chi connectivity index (χ2v) is 2.39. The lowest BCUT2D eigenvalue weighted by Crippen LogP contribution is -2.04. The number of nitrogens with zero attached hydrogens (tertiary/aromatic N) is 1. The van der Waals surface area contributed by atoms with Gasteiger partial charge in [-0.25, -0.2) is 4.79 Å². The van der Waals surface area contributed by atoms with Crippen molar-refractivity contribution < 1.29 is 15.0 Å². The highest BCUT2D eigenvalue weighted by Crippen LogP contribution is 2.13. The molecule has 0 unspecified atom stereocenters. The van der Waals surface area contributed by atoms with Gasteiger partial charge in [-0.05, 0) is 6.07 Å². The molecule has 0 spiro atoms. The van der Waals surface area contributed by atoms with Gasteiger partial charge in [-0.1, -0.05) is 12.7 Å². The molecule has 2 N–H and O–H groups in total. The molecule has 0 saturated heterocycles. The minimum atomic E-state index is -1.05. The number of aromatic nitrogens is 1. The molecule has 1 aromatic rings. The number of aromatic carboxylic acids is 1. The third-order valence-corrected chi connectivity index (χ3v) is 1.66. The average molecular weight is 179 g/mol. The maximum atomic E-state index is 10.7.